The molecule has 5 heteroatoms. The first kappa shape index (κ1) is 16.2. The van der Waals surface area contributed by atoms with E-state index in [2.05, 4.69) is 18.7 Å². The van der Waals surface area contributed by atoms with Crippen LogP contribution >= 0.6 is 11.8 Å². The van der Waals surface area contributed by atoms with Crippen LogP contribution in [0.15, 0.2) is 24.3 Å². The van der Waals surface area contributed by atoms with Crippen LogP contribution in [0.1, 0.15) is 20.3 Å². The van der Waals surface area contributed by atoms with Gasteiger partial charge in [0.1, 0.15) is 0 Å². The van der Waals surface area contributed by atoms with Gasteiger partial charge in [-0.05, 0) is 30.7 Å². The lowest BCUT2D eigenvalue weighted by atomic mass is 10.1. The highest BCUT2D eigenvalue weighted by Crippen LogP contribution is 2.30. The first-order valence-corrected chi connectivity index (χ1v) is 8.34. The van der Waals surface area contributed by atoms with E-state index in [4.69, 9.17) is 5.73 Å². The zero-order valence-electron chi connectivity index (χ0n) is 13.1. The molecule has 116 valence electrons. The standard InChI is InChI=1S/C16H25N3OS/c1-16(2)8-9-19(10-11-21-16)12-15(20)18(3)14-6-4-13(17)5-7-14/h4-7H,8-12,17H2,1-3H3. The van der Waals surface area contributed by atoms with Crippen molar-refractivity contribution < 1.29 is 4.79 Å². The molecule has 1 aromatic carbocycles. The summed E-state index contributed by atoms with van der Waals surface area (Å²) >= 11 is 2.00. The number of nitrogens with two attached hydrogens (primary N) is 1. The Kier molecular flexibility index (Phi) is 5.17. The number of benzene rings is 1. The van der Waals surface area contributed by atoms with E-state index in [0.717, 1.165) is 31.0 Å². The molecular weight excluding hydrogens is 282 g/mol. The quantitative estimate of drug-likeness (QED) is 0.872. The van der Waals surface area contributed by atoms with Gasteiger partial charge >= 0.3 is 0 Å². The molecule has 0 unspecified atom stereocenters. The number of rotatable bonds is 3. The van der Waals surface area contributed by atoms with Crippen molar-refractivity contribution in [3.05, 3.63) is 24.3 Å². The van der Waals surface area contributed by atoms with Crippen LogP contribution in [0.5, 0.6) is 0 Å². The Labute approximate surface area is 131 Å². The molecule has 0 saturated carbocycles. The van der Waals surface area contributed by atoms with Crippen molar-refractivity contribution in [2.75, 3.05) is 43.1 Å². The van der Waals surface area contributed by atoms with Crippen molar-refractivity contribution in [2.24, 2.45) is 0 Å². The second-order valence-electron chi connectivity index (χ2n) is 6.18. The van der Waals surface area contributed by atoms with Gasteiger partial charge in [-0.3, -0.25) is 9.69 Å². The molecule has 1 aliphatic rings. The van der Waals surface area contributed by atoms with Gasteiger partial charge in [-0.1, -0.05) is 13.8 Å². The highest BCUT2D eigenvalue weighted by atomic mass is 32.2. The molecule has 1 saturated heterocycles. The zero-order valence-corrected chi connectivity index (χ0v) is 13.9. The van der Waals surface area contributed by atoms with Crippen molar-refractivity contribution in [3.63, 3.8) is 0 Å². The van der Waals surface area contributed by atoms with Gasteiger partial charge in [0, 0.05) is 42.0 Å². The Morgan fingerprint density at radius 3 is 2.67 bits per heavy atom. The van der Waals surface area contributed by atoms with E-state index >= 15 is 0 Å². The van der Waals surface area contributed by atoms with Crippen molar-refractivity contribution >= 4 is 29.0 Å². The van der Waals surface area contributed by atoms with Crippen LogP contribution in [0, 0.1) is 0 Å². The summed E-state index contributed by atoms with van der Waals surface area (Å²) in [7, 11) is 1.82. The molecule has 0 spiro atoms. The van der Waals surface area contributed by atoms with Gasteiger partial charge in [0.2, 0.25) is 5.91 Å². The summed E-state index contributed by atoms with van der Waals surface area (Å²) in [4.78, 5) is 16.4. The number of hydrogen-bond acceptors (Lipinski definition) is 4. The summed E-state index contributed by atoms with van der Waals surface area (Å²) in [6, 6.07) is 7.41. The van der Waals surface area contributed by atoms with Gasteiger partial charge in [-0.15, -0.1) is 0 Å². The van der Waals surface area contributed by atoms with Gasteiger partial charge in [0.15, 0.2) is 0 Å². The Hall–Kier alpha value is -1.20. The van der Waals surface area contributed by atoms with Crippen LogP contribution in [0.3, 0.4) is 0 Å². The number of carbonyl (C=O) groups is 1. The number of nitrogen functional groups attached to an aromatic ring is 1. The minimum Gasteiger partial charge on any atom is -0.399 e. The van der Waals surface area contributed by atoms with Crippen LogP contribution < -0.4 is 10.6 Å². The van der Waals surface area contributed by atoms with E-state index in [1.165, 1.54) is 0 Å². The molecule has 0 aliphatic carbocycles. The van der Waals surface area contributed by atoms with Gasteiger partial charge in [0.25, 0.3) is 0 Å². The normalized spacial score (nSPS) is 19.0. The summed E-state index contributed by atoms with van der Waals surface area (Å²) < 4.78 is 0.320. The third kappa shape index (κ3) is 4.64. The molecular formula is C16H25N3OS. The highest BCUT2D eigenvalue weighted by molar-refractivity contribution is 8.00. The van der Waals surface area contributed by atoms with Crippen molar-refractivity contribution in [1.82, 2.24) is 4.90 Å². The Morgan fingerprint density at radius 1 is 1.33 bits per heavy atom. The van der Waals surface area contributed by atoms with Gasteiger partial charge < -0.3 is 10.6 Å². The van der Waals surface area contributed by atoms with E-state index in [1.54, 1.807) is 4.90 Å². The molecule has 0 radical (unpaired) electrons. The fourth-order valence-corrected chi connectivity index (χ4v) is 3.50. The number of nitrogens with zero attached hydrogens (tertiary/aromatic N) is 2. The van der Waals surface area contributed by atoms with Crippen molar-refractivity contribution in [2.45, 2.75) is 25.0 Å². The average Bonchev–Trinajstić information content (AvgIpc) is 2.60. The molecule has 2 rings (SSSR count). The van der Waals surface area contributed by atoms with Crippen molar-refractivity contribution in [3.8, 4) is 0 Å². The smallest absolute Gasteiger partial charge is 0.240 e. The minimum absolute atomic E-state index is 0.129. The van der Waals surface area contributed by atoms with E-state index in [1.807, 2.05) is 43.1 Å². The highest BCUT2D eigenvalue weighted by Gasteiger charge is 2.25. The van der Waals surface area contributed by atoms with E-state index in [9.17, 15) is 4.79 Å². The molecule has 4 nitrogen and oxygen atoms in total. The first-order chi connectivity index (χ1) is 9.87. The van der Waals surface area contributed by atoms with Crippen LogP contribution in [0.4, 0.5) is 11.4 Å². The zero-order chi connectivity index (χ0) is 15.5. The first-order valence-electron chi connectivity index (χ1n) is 7.36. The summed E-state index contributed by atoms with van der Waals surface area (Å²) in [5, 5.41) is 0. The number of carbonyl (C=O) groups excluding carboxylic acids is 1. The fourth-order valence-electron chi connectivity index (χ4n) is 2.36. The molecule has 1 aromatic rings. The number of likely N-dealkylation sites (N-methyl/N-ethyl adjacent to an activating group) is 1. The number of amides is 1. The maximum atomic E-state index is 12.4. The lowest BCUT2D eigenvalue weighted by Crippen LogP contribution is -2.39. The van der Waals surface area contributed by atoms with Crippen LogP contribution in [0.2, 0.25) is 0 Å². The molecule has 0 aromatic heterocycles. The SMILES string of the molecule is CN(C(=O)CN1CCSC(C)(C)CC1)c1ccc(N)cc1. The summed E-state index contributed by atoms with van der Waals surface area (Å²) in [5.74, 6) is 1.22. The van der Waals surface area contributed by atoms with Gasteiger partial charge in [-0.25, -0.2) is 0 Å². The van der Waals surface area contributed by atoms with Crippen molar-refractivity contribution in [1.29, 1.82) is 0 Å². The molecule has 0 atom stereocenters. The number of anilines is 2. The largest absolute Gasteiger partial charge is 0.399 e. The maximum absolute atomic E-state index is 12.4. The summed E-state index contributed by atoms with van der Waals surface area (Å²) in [5.41, 5.74) is 7.28. The van der Waals surface area contributed by atoms with Crippen LogP contribution in [0.25, 0.3) is 0 Å². The van der Waals surface area contributed by atoms with Crippen LogP contribution in [-0.4, -0.2) is 48.0 Å². The summed E-state index contributed by atoms with van der Waals surface area (Å²) in [6.45, 7) is 7.02. The molecule has 1 amide bonds. The average molecular weight is 307 g/mol. The molecule has 1 heterocycles. The lowest BCUT2D eigenvalue weighted by molar-refractivity contribution is -0.119. The Balaban J connectivity index is 1.93. The predicted molar refractivity (Wildman–Crippen MR) is 91.9 cm³/mol. The van der Waals surface area contributed by atoms with E-state index in [0.29, 0.717) is 17.0 Å². The molecule has 0 bridgehead atoms. The maximum Gasteiger partial charge on any atom is 0.240 e. The Bertz CT molecular complexity index is 487. The topological polar surface area (TPSA) is 49.6 Å². The molecule has 1 aliphatic heterocycles. The number of hydrogen-bond donors (Lipinski definition) is 1. The van der Waals surface area contributed by atoms with Crippen LogP contribution in [-0.2, 0) is 4.79 Å². The molecule has 1 fully saturated rings. The monoisotopic (exact) mass is 307 g/mol. The van der Waals surface area contributed by atoms with E-state index < -0.39 is 0 Å². The van der Waals surface area contributed by atoms with Gasteiger partial charge in [0.05, 0.1) is 6.54 Å². The van der Waals surface area contributed by atoms with Gasteiger partial charge in [-0.2, -0.15) is 11.8 Å². The fraction of sp³-hybridized carbons (Fsp3) is 0.562. The molecule has 2 N–H and O–H groups in total. The minimum atomic E-state index is 0.129. The third-order valence-electron chi connectivity index (χ3n) is 3.94. The predicted octanol–water partition coefficient (Wildman–Crippen LogP) is 2.45. The second kappa shape index (κ2) is 6.71. The lowest BCUT2D eigenvalue weighted by Gasteiger charge is -2.24. The van der Waals surface area contributed by atoms with E-state index in [-0.39, 0.29) is 5.91 Å². The third-order valence-corrected chi connectivity index (χ3v) is 5.32. The number of thioether (sulfide) groups is 1. The summed E-state index contributed by atoms with van der Waals surface area (Å²) in [6.07, 6.45) is 1.12. The Morgan fingerprint density at radius 2 is 2.00 bits per heavy atom. The molecule has 21 heavy (non-hydrogen) atoms. The second-order valence-corrected chi connectivity index (χ2v) is 7.98.